The smallest absolute Gasteiger partial charge is 0.225 e. The Labute approximate surface area is 205 Å². The normalized spacial score (nSPS) is 23.0. The molecule has 1 saturated carbocycles. The van der Waals surface area contributed by atoms with Crippen molar-refractivity contribution in [2.45, 2.75) is 44.6 Å². The van der Waals surface area contributed by atoms with Crippen molar-refractivity contribution < 1.29 is 13.6 Å². The third-order valence-electron chi connectivity index (χ3n) is 6.05. The Kier molecular flexibility index (Phi) is 10.8. The van der Waals surface area contributed by atoms with Gasteiger partial charge < -0.3 is 15.5 Å². The van der Waals surface area contributed by atoms with Crippen molar-refractivity contribution in [3.8, 4) is 0 Å². The van der Waals surface area contributed by atoms with E-state index in [-0.39, 0.29) is 41.9 Å². The molecular formula is C22H33F2IN4OS. The van der Waals surface area contributed by atoms with Crippen molar-refractivity contribution in [1.82, 2.24) is 15.5 Å². The highest BCUT2D eigenvalue weighted by Crippen LogP contribution is 2.27. The summed E-state index contributed by atoms with van der Waals surface area (Å²) in [7, 11) is 1.72. The lowest BCUT2D eigenvalue weighted by Crippen LogP contribution is -2.47. The number of rotatable bonds is 5. The van der Waals surface area contributed by atoms with Gasteiger partial charge in [-0.05, 0) is 49.3 Å². The van der Waals surface area contributed by atoms with Gasteiger partial charge in [-0.2, -0.15) is 11.8 Å². The molecule has 1 saturated heterocycles. The molecule has 1 atom stereocenters. The van der Waals surface area contributed by atoms with E-state index < -0.39 is 11.6 Å². The molecule has 0 aromatic heterocycles. The molecule has 2 fully saturated rings. The summed E-state index contributed by atoms with van der Waals surface area (Å²) < 4.78 is 26.6. The van der Waals surface area contributed by atoms with E-state index >= 15 is 0 Å². The van der Waals surface area contributed by atoms with E-state index in [1.54, 1.807) is 13.1 Å². The largest absolute Gasteiger partial charge is 0.356 e. The van der Waals surface area contributed by atoms with Gasteiger partial charge in [0.15, 0.2) is 17.6 Å². The van der Waals surface area contributed by atoms with Gasteiger partial charge in [0.25, 0.3) is 0 Å². The van der Waals surface area contributed by atoms with Crippen molar-refractivity contribution in [3.63, 3.8) is 0 Å². The fourth-order valence-corrected chi connectivity index (χ4v) is 5.00. The zero-order chi connectivity index (χ0) is 21.5. The average Bonchev–Trinajstić information content (AvgIpc) is 2.78. The lowest BCUT2D eigenvalue weighted by atomic mass is 9.85. The second-order valence-corrected chi connectivity index (χ2v) is 9.38. The number of hydrogen-bond acceptors (Lipinski definition) is 3. The molecule has 1 unspecified atom stereocenters. The van der Waals surface area contributed by atoms with Crippen molar-refractivity contribution in [2.75, 3.05) is 38.2 Å². The Balaban J connectivity index is 0.00000341. The van der Waals surface area contributed by atoms with Gasteiger partial charge in [-0.15, -0.1) is 24.0 Å². The molecule has 0 bridgehead atoms. The Morgan fingerprint density at radius 3 is 2.48 bits per heavy atom. The summed E-state index contributed by atoms with van der Waals surface area (Å²) in [6, 6.07) is 4.31. The first kappa shape index (κ1) is 26.2. The number of hydrogen-bond donors (Lipinski definition) is 2. The van der Waals surface area contributed by atoms with E-state index in [1.807, 2.05) is 23.6 Å². The minimum atomic E-state index is -0.829. The highest BCUT2D eigenvalue weighted by molar-refractivity contribution is 14.0. The maximum atomic E-state index is 13.5. The van der Waals surface area contributed by atoms with E-state index in [2.05, 4.69) is 15.6 Å². The molecule has 1 aromatic carbocycles. The maximum Gasteiger partial charge on any atom is 0.225 e. The van der Waals surface area contributed by atoms with Crippen LogP contribution in [0.5, 0.6) is 0 Å². The predicted molar refractivity (Wildman–Crippen MR) is 134 cm³/mol. The number of nitrogens with one attached hydrogen (secondary N) is 2. The zero-order valence-electron chi connectivity index (χ0n) is 18.2. The van der Waals surface area contributed by atoms with Gasteiger partial charge >= 0.3 is 0 Å². The summed E-state index contributed by atoms with van der Waals surface area (Å²) in [6.07, 6.45) is 3.70. The van der Waals surface area contributed by atoms with Crippen LogP contribution >= 0.6 is 35.7 Å². The first-order chi connectivity index (χ1) is 14.5. The molecule has 0 spiro atoms. The standard InChI is InChI=1S/C22H32F2N4OS.HI/c1-15(17-5-8-19(23)20(24)13-17)14-26-22(25-2)27-18-6-3-16(4-7-18)21(29)28-9-11-30-12-10-28;/h5,8,13,15-16,18H,3-4,6-7,9-12,14H2,1-2H3,(H2,25,26,27);1H. The van der Waals surface area contributed by atoms with Crippen LogP contribution < -0.4 is 10.6 Å². The molecule has 1 aromatic rings. The number of halogens is 3. The fraction of sp³-hybridized carbons (Fsp3) is 0.636. The summed E-state index contributed by atoms with van der Waals surface area (Å²) in [6.45, 7) is 4.29. The minimum Gasteiger partial charge on any atom is -0.356 e. The van der Waals surface area contributed by atoms with Crippen LogP contribution in [0.15, 0.2) is 23.2 Å². The lowest BCUT2D eigenvalue weighted by Gasteiger charge is -2.34. The number of guanidine groups is 1. The van der Waals surface area contributed by atoms with Crippen molar-refractivity contribution >= 4 is 47.6 Å². The molecule has 2 aliphatic rings. The molecular weight excluding hydrogens is 533 g/mol. The molecule has 1 aliphatic carbocycles. The molecule has 1 amide bonds. The van der Waals surface area contributed by atoms with Gasteiger partial charge in [0.05, 0.1) is 0 Å². The third-order valence-corrected chi connectivity index (χ3v) is 6.99. The number of amides is 1. The predicted octanol–water partition coefficient (Wildman–Crippen LogP) is 3.99. The highest BCUT2D eigenvalue weighted by atomic mass is 127. The number of carbonyl (C=O) groups is 1. The van der Waals surface area contributed by atoms with E-state index in [0.717, 1.165) is 61.9 Å². The fourth-order valence-electron chi connectivity index (χ4n) is 4.10. The maximum absolute atomic E-state index is 13.5. The number of benzene rings is 1. The van der Waals surface area contributed by atoms with Gasteiger partial charge in [-0.3, -0.25) is 9.79 Å². The van der Waals surface area contributed by atoms with Crippen molar-refractivity contribution in [2.24, 2.45) is 10.9 Å². The van der Waals surface area contributed by atoms with Gasteiger partial charge in [-0.25, -0.2) is 8.78 Å². The van der Waals surface area contributed by atoms with Crippen LogP contribution in [0, 0.1) is 17.6 Å². The number of thioether (sulfide) groups is 1. The summed E-state index contributed by atoms with van der Waals surface area (Å²) >= 11 is 1.92. The van der Waals surface area contributed by atoms with E-state index in [1.165, 1.54) is 6.07 Å². The molecule has 1 heterocycles. The second-order valence-electron chi connectivity index (χ2n) is 8.16. The van der Waals surface area contributed by atoms with Crippen LogP contribution in [-0.4, -0.2) is 61.0 Å². The van der Waals surface area contributed by atoms with Crippen molar-refractivity contribution in [1.29, 1.82) is 0 Å². The SMILES string of the molecule is CN=C(NCC(C)c1ccc(F)c(F)c1)NC1CCC(C(=O)N2CCSCC2)CC1.I. The van der Waals surface area contributed by atoms with E-state index in [0.29, 0.717) is 18.4 Å². The minimum absolute atomic E-state index is 0. The summed E-state index contributed by atoms with van der Waals surface area (Å²) in [4.78, 5) is 19.0. The third kappa shape index (κ3) is 7.47. The molecule has 2 N–H and O–H groups in total. The van der Waals surface area contributed by atoms with E-state index in [9.17, 15) is 13.6 Å². The molecule has 174 valence electrons. The Hall–Kier alpha value is -1.10. The van der Waals surface area contributed by atoms with Crippen molar-refractivity contribution in [3.05, 3.63) is 35.4 Å². The summed E-state index contributed by atoms with van der Waals surface area (Å²) in [5.74, 6) is 1.63. The van der Waals surface area contributed by atoms with Gasteiger partial charge in [0.1, 0.15) is 0 Å². The molecule has 3 rings (SSSR count). The van der Waals surface area contributed by atoms with Crippen LogP contribution in [0.3, 0.4) is 0 Å². The average molecular weight is 567 g/mol. The molecule has 9 heteroatoms. The lowest BCUT2D eigenvalue weighted by molar-refractivity contribution is -0.136. The molecule has 5 nitrogen and oxygen atoms in total. The Morgan fingerprint density at radius 2 is 1.87 bits per heavy atom. The van der Waals surface area contributed by atoms with Gasteiger partial charge in [-0.1, -0.05) is 13.0 Å². The highest BCUT2D eigenvalue weighted by Gasteiger charge is 2.30. The van der Waals surface area contributed by atoms with Crippen LogP contribution in [0.4, 0.5) is 8.78 Å². The second kappa shape index (κ2) is 12.8. The van der Waals surface area contributed by atoms with Crippen LogP contribution in [0.25, 0.3) is 0 Å². The molecule has 31 heavy (non-hydrogen) atoms. The van der Waals surface area contributed by atoms with Gasteiger partial charge in [0.2, 0.25) is 5.91 Å². The topological polar surface area (TPSA) is 56.7 Å². The number of carbonyl (C=O) groups excluding carboxylic acids is 1. The summed E-state index contributed by atoms with van der Waals surface area (Å²) in [5.41, 5.74) is 0.743. The summed E-state index contributed by atoms with van der Waals surface area (Å²) in [5, 5.41) is 6.73. The van der Waals surface area contributed by atoms with Crippen LogP contribution in [0.1, 0.15) is 44.1 Å². The first-order valence-electron chi connectivity index (χ1n) is 10.8. The molecule has 1 aliphatic heterocycles. The van der Waals surface area contributed by atoms with Crippen LogP contribution in [0.2, 0.25) is 0 Å². The Bertz CT molecular complexity index is 753. The molecule has 0 radical (unpaired) electrons. The number of nitrogens with zero attached hydrogens (tertiary/aromatic N) is 2. The monoisotopic (exact) mass is 566 g/mol. The Morgan fingerprint density at radius 1 is 1.19 bits per heavy atom. The van der Waals surface area contributed by atoms with E-state index in [4.69, 9.17) is 0 Å². The van der Waals surface area contributed by atoms with Gasteiger partial charge in [0, 0.05) is 50.1 Å². The van der Waals surface area contributed by atoms with Crippen LogP contribution in [-0.2, 0) is 4.79 Å². The first-order valence-corrected chi connectivity index (χ1v) is 11.9. The zero-order valence-corrected chi connectivity index (χ0v) is 21.4. The quantitative estimate of drug-likeness (QED) is 0.322. The number of aliphatic imine (C=N–C) groups is 1.